The molecule has 4 heteroatoms. The number of hydrogen-bond donors (Lipinski definition) is 1. The maximum absolute atomic E-state index is 11.2. The van der Waals surface area contributed by atoms with Crippen molar-refractivity contribution in [1.82, 2.24) is 9.78 Å². The summed E-state index contributed by atoms with van der Waals surface area (Å²) in [7, 11) is 1.80. The third-order valence-electron chi connectivity index (χ3n) is 2.60. The minimum absolute atomic E-state index is 0.232. The number of carbonyl (C=O) groups is 1. The van der Waals surface area contributed by atoms with Crippen LogP contribution in [0.5, 0.6) is 0 Å². The Morgan fingerprint density at radius 2 is 2.17 bits per heavy atom. The van der Waals surface area contributed by atoms with Crippen molar-refractivity contribution < 1.29 is 4.79 Å². The van der Waals surface area contributed by atoms with Crippen LogP contribution in [-0.2, 0) is 18.3 Å². The van der Waals surface area contributed by atoms with Crippen molar-refractivity contribution in [1.29, 1.82) is 0 Å². The summed E-state index contributed by atoms with van der Waals surface area (Å²) >= 11 is 0. The van der Waals surface area contributed by atoms with Crippen molar-refractivity contribution in [2.45, 2.75) is 6.42 Å². The summed E-state index contributed by atoms with van der Waals surface area (Å²) in [6.45, 7) is 3.42. The van der Waals surface area contributed by atoms with Crippen LogP contribution in [0.3, 0.4) is 0 Å². The summed E-state index contributed by atoms with van der Waals surface area (Å²) in [6.07, 6.45) is 1.99. The highest BCUT2D eigenvalue weighted by Crippen LogP contribution is 2.13. The predicted molar refractivity (Wildman–Crippen MR) is 71.3 cm³/mol. The second-order valence-electron chi connectivity index (χ2n) is 4.00. The van der Waals surface area contributed by atoms with Gasteiger partial charge >= 0.3 is 0 Å². The molecule has 4 nitrogen and oxygen atoms in total. The van der Waals surface area contributed by atoms with Gasteiger partial charge in [0.05, 0.1) is 5.69 Å². The molecule has 1 aromatic heterocycles. The first-order valence-electron chi connectivity index (χ1n) is 5.69. The molecule has 0 saturated carbocycles. The molecule has 0 radical (unpaired) electrons. The molecule has 1 amide bonds. The summed E-state index contributed by atoms with van der Waals surface area (Å²) in [5.41, 5.74) is 2.11. The second kappa shape index (κ2) is 5.31. The Bertz CT molecular complexity index is 558. The van der Waals surface area contributed by atoms with Crippen LogP contribution in [-0.4, -0.2) is 15.7 Å². The highest BCUT2D eigenvalue weighted by atomic mass is 16.1. The molecule has 2 rings (SSSR count). The van der Waals surface area contributed by atoms with Gasteiger partial charge in [-0.15, -0.1) is 0 Å². The number of benzene rings is 1. The lowest BCUT2D eigenvalue weighted by Crippen LogP contribution is -2.10. The highest BCUT2D eigenvalue weighted by Gasteiger charge is 2.07. The Morgan fingerprint density at radius 1 is 1.44 bits per heavy atom. The van der Waals surface area contributed by atoms with Gasteiger partial charge in [-0.3, -0.25) is 9.48 Å². The number of nitrogens with one attached hydrogen (secondary N) is 1. The third kappa shape index (κ3) is 2.85. The van der Waals surface area contributed by atoms with Gasteiger partial charge in [0, 0.05) is 19.5 Å². The van der Waals surface area contributed by atoms with Crippen LogP contribution >= 0.6 is 0 Å². The van der Waals surface area contributed by atoms with E-state index in [0.717, 1.165) is 12.1 Å². The lowest BCUT2D eigenvalue weighted by molar-refractivity contribution is -0.111. The van der Waals surface area contributed by atoms with Gasteiger partial charge in [-0.2, -0.15) is 5.10 Å². The van der Waals surface area contributed by atoms with Crippen LogP contribution in [0, 0.1) is 0 Å². The number of amides is 1. The molecule has 0 unspecified atom stereocenters. The minimum atomic E-state index is -0.232. The maximum atomic E-state index is 11.2. The molecule has 0 aliphatic heterocycles. The molecule has 92 valence electrons. The van der Waals surface area contributed by atoms with Crippen LogP contribution < -0.4 is 5.32 Å². The van der Waals surface area contributed by atoms with Crippen LogP contribution in [0.15, 0.2) is 49.1 Å². The fraction of sp³-hybridized carbons (Fsp3) is 0.143. The molecule has 1 aromatic carbocycles. The van der Waals surface area contributed by atoms with Gasteiger partial charge in [0.1, 0.15) is 5.82 Å². The first kappa shape index (κ1) is 12.1. The first-order valence-corrected chi connectivity index (χ1v) is 5.69. The fourth-order valence-electron chi connectivity index (χ4n) is 1.71. The van der Waals surface area contributed by atoms with E-state index in [1.165, 1.54) is 11.6 Å². The number of aromatic nitrogens is 2. The number of rotatable bonds is 4. The number of hydrogen-bond acceptors (Lipinski definition) is 2. The topological polar surface area (TPSA) is 46.9 Å². The fourth-order valence-corrected chi connectivity index (χ4v) is 1.71. The van der Waals surface area contributed by atoms with Gasteiger partial charge in [-0.25, -0.2) is 0 Å². The summed E-state index contributed by atoms with van der Waals surface area (Å²) in [6, 6.07) is 12.0. The average Bonchev–Trinajstić information content (AvgIpc) is 2.70. The molecular weight excluding hydrogens is 226 g/mol. The van der Waals surface area contributed by atoms with Crippen molar-refractivity contribution in [2.75, 3.05) is 5.32 Å². The second-order valence-corrected chi connectivity index (χ2v) is 4.00. The molecule has 1 heterocycles. The zero-order valence-corrected chi connectivity index (χ0v) is 10.3. The molecule has 18 heavy (non-hydrogen) atoms. The zero-order chi connectivity index (χ0) is 13.0. The summed E-state index contributed by atoms with van der Waals surface area (Å²) in [5.74, 6) is 0.440. The standard InChI is InChI=1S/C14H15N3O/c1-3-14(18)15-13-10-12(16-17(13)2)9-11-7-5-4-6-8-11/h3-8,10H,1,9H2,2H3,(H,15,18). The van der Waals surface area contributed by atoms with Crippen molar-refractivity contribution >= 4 is 11.7 Å². The molecule has 0 aliphatic rings. The van der Waals surface area contributed by atoms with E-state index >= 15 is 0 Å². The zero-order valence-electron chi connectivity index (χ0n) is 10.3. The molecule has 1 N–H and O–H groups in total. The number of aryl methyl sites for hydroxylation is 1. The average molecular weight is 241 g/mol. The molecule has 0 fully saturated rings. The predicted octanol–water partition coefficient (Wildman–Crippen LogP) is 2.14. The Morgan fingerprint density at radius 3 is 2.83 bits per heavy atom. The van der Waals surface area contributed by atoms with Crippen LogP contribution in [0.25, 0.3) is 0 Å². The minimum Gasteiger partial charge on any atom is -0.307 e. The molecular formula is C14H15N3O. The summed E-state index contributed by atoms with van der Waals surface area (Å²) in [5, 5.41) is 7.07. The lowest BCUT2D eigenvalue weighted by Gasteiger charge is -1.99. The highest BCUT2D eigenvalue weighted by molar-refractivity contribution is 5.98. The Balaban J connectivity index is 2.14. The monoisotopic (exact) mass is 241 g/mol. The van der Waals surface area contributed by atoms with E-state index < -0.39 is 0 Å². The normalized spacial score (nSPS) is 10.1. The molecule has 0 atom stereocenters. The molecule has 0 bridgehead atoms. The first-order chi connectivity index (χ1) is 8.69. The van der Waals surface area contributed by atoms with E-state index in [-0.39, 0.29) is 5.91 Å². The van der Waals surface area contributed by atoms with E-state index in [9.17, 15) is 4.79 Å². The van der Waals surface area contributed by atoms with E-state index in [1.54, 1.807) is 11.7 Å². The van der Waals surface area contributed by atoms with E-state index in [4.69, 9.17) is 0 Å². The Kier molecular flexibility index (Phi) is 3.57. The number of anilines is 1. The Labute approximate surface area is 106 Å². The smallest absolute Gasteiger partial charge is 0.248 e. The SMILES string of the molecule is C=CC(=O)Nc1cc(Cc2ccccc2)nn1C. The van der Waals surface area contributed by atoms with Gasteiger partial charge in [-0.05, 0) is 11.6 Å². The van der Waals surface area contributed by atoms with Crippen LogP contribution in [0.4, 0.5) is 5.82 Å². The van der Waals surface area contributed by atoms with Crippen molar-refractivity contribution in [3.05, 3.63) is 60.3 Å². The molecule has 0 aliphatic carbocycles. The van der Waals surface area contributed by atoms with Crippen molar-refractivity contribution in [3.63, 3.8) is 0 Å². The number of carbonyl (C=O) groups excluding carboxylic acids is 1. The summed E-state index contributed by atoms with van der Waals surface area (Å²) in [4.78, 5) is 11.2. The molecule has 0 spiro atoms. The Hall–Kier alpha value is -2.36. The van der Waals surface area contributed by atoms with Gasteiger partial charge < -0.3 is 5.32 Å². The van der Waals surface area contributed by atoms with Crippen LogP contribution in [0.2, 0.25) is 0 Å². The van der Waals surface area contributed by atoms with E-state index in [0.29, 0.717) is 5.82 Å². The van der Waals surface area contributed by atoms with Gasteiger partial charge in [0.2, 0.25) is 5.91 Å². The van der Waals surface area contributed by atoms with Crippen LogP contribution in [0.1, 0.15) is 11.3 Å². The number of nitrogens with zero attached hydrogens (tertiary/aromatic N) is 2. The third-order valence-corrected chi connectivity index (χ3v) is 2.60. The van der Waals surface area contributed by atoms with Gasteiger partial charge in [0.25, 0.3) is 0 Å². The maximum Gasteiger partial charge on any atom is 0.248 e. The largest absolute Gasteiger partial charge is 0.307 e. The van der Waals surface area contributed by atoms with E-state index in [1.807, 2.05) is 24.3 Å². The van der Waals surface area contributed by atoms with Crippen molar-refractivity contribution in [2.24, 2.45) is 7.05 Å². The van der Waals surface area contributed by atoms with Gasteiger partial charge in [-0.1, -0.05) is 36.9 Å². The van der Waals surface area contributed by atoms with E-state index in [2.05, 4.69) is 29.1 Å². The summed E-state index contributed by atoms with van der Waals surface area (Å²) < 4.78 is 1.65. The van der Waals surface area contributed by atoms with Gasteiger partial charge in [0.15, 0.2) is 0 Å². The quantitative estimate of drug-likeness (QED) is 0.834. The lowest BCUT2D eigenvalue weighted by atomic mass is 10.1. The molecule has 2 aromatic rings. The van der Waals surface area contributed by atoms with Crippen molar-refractivity contribution in [3.8, 4) is 0 Å². The molecule has 0 saturated heterocycles.